The maximum atomic E-state index is 4.37. The van der Waals surface area contributed by atoms with E-state index >= 15 is 0 Å². The van der Waals surface area contributed by atoms with E-state index in [-0.39, 0.29) is 24.0 Å². The molecule has 2 unspecified atom stereocenters. The predicted molar refractivity (Wildman–Crippen MR) is 105 cm³/mol. The minimum absolute atomic E-state index is 0. The van der Waals surface area contributed by atoms with Crippen LogP contribution in [0.1, 0.15) is 44.9 Å². The van der Waals surface area contributed by atoms with Crippen LogP contribution in [0, 0.1) is 11.8 Å². The van der Waals surface area contributed by atoms with Gasteiger partial charge in [0.2, 0.25) is 0 Å². The van der Waals surface area contributed by atoms with Crippen molar-refractivity contribution in [3.63, 3.8) is 0 Å². The van der Waals surface area contributed by atoms with Gasteiger partial charge in [0, 0.05) is 27.7 Å². The van der Waals surface area contributed by atoms with Crippen LogP contribution in [0.25, 0.3) is 0 Å². The zero-order valence-electron chi connectivity index (χ0n) is 14.8. The number of aromatic nitrogens is 3. The Kier molecular flexibility index (Phi) is 8.86. The van der Waals surface area contributed by atoms with Gasteiger partial charge >= 0.3 is 0 Å². The molecule has 1 aliphatic carbocycles. The smallest absolute Gasteiger partial charge is 0.193 e. The first kappa shape index (κ1) is 20.2. The molecule has 0 aromatic carbocycles. The van der Waals surface area contributed by atoms with Crippen LogP contribution in [0.15, 0.2) is 11.3 Å². The molecule has 7 heteroatoms. The molecular formula is C16H31IN6. The molecule has 1 heterocycles. The molecule has 132 valence electrons. The lowest BCUT2D eigenvalue weighted by atomic mass is 9.81. The number of hydrogen-bond acceptors (Lipinski definition) is 3. The van der Waals surface area contributed by atoms with Crippen LogP contribution in [-0.4, -0.2) is 46.3 Å². The first-order valence-corrected chi connectivity index (χ1v) is 8.34. The number of nitrogens with zero attached hydrogens (tertiary/aromatic N) is 5. The third kappa shape index (κ3) is 6.27. The summed E-state index contributed by atoms with van der Waals surface area (Å²) in [6.07, 6.45) is 8.40. The number of rotatable bonds is 5. The molecule has 1 N–H and O–H groups in total. The molecule has 0 aliphatic heterocycles. The van der Waals surface area contributed by atoms with Gasteiger partial charge in [-0.25, -0.2) is 4.98 Å². The summed E-state index contributed by atoms with van der Waals surface area (Å²) in [5.41, 5.74) is 0. The van der Waals surface area contributed by atoms with E-state index in [4.69, 9.17) is 0 Å². The Hall–Kier alpha value is -0.860. The number of nitrogens with one attached hydrogen (secondary N) is 1. The number of aryl methyl sites for hydroxylation is 1. The van der Waals surface area contributed by atoms with Gasteiger partial charge < -0.3 is 10.2 Å². The standard InChI is InChI=1S/C16H30N6.HI/c1-13-6-5-7-14(10-13)8-9-18-16(17-2)21(3)11-15-19-12-20-22(15)4;/h12-14H,5-11H2,1-4H3,(H,17,18);1H. The summed E-state index contributed by atoms with van der Waals surface area (Å²) in [6.45, 7) is 4.08. The summed E-state index contributed by atoms with van der Waals surface area (Å²) in [4.78, 5) is 10.7. The Labute approximate surface area is 157 Å². The summed E-state index contributed by atoms with van der Waals surface area (Å²) in [6, 6.07) is 0. The molecule has 0 spiro atoms. The maximum Gasteiger partial charge on any atom is 0.193 e. The van der Waals surface area contributed by atoms with Crippen LogP contribution in [0.5, 0.6) is 0 Å². The topological polar surface area (TPSA) is 58.3 Å². The second-order valence-electron chi connectivity index (χ2n) is 6.56. The van der Waals surface area contributed by atoms with Crippen LogP contribution in [0.3, 0.4) is 0 Å². The molecule has 23 heavy (non-hydrogen) atoms. The normalized spacial score (nSPS) is 21.7. The molecule has 0 radical (unpaired) electrons. The minimum atomic E-state index is 0. The van der Waals surface area contributed by atoms with Gasteiger partial charge in [-0.2, -0.15) is 5.10 Å². The van der Waals surface area contributed by atoms with Crippen molar-refractivity contribution in [2.45, 2.75) is 45.6 Å². The van der Waals surface area contributed by atoms with Crippen LogP contribution >= 0.6 is 24.0 Å². The SMILES string of the molecule is CN=C(NCCC1CCCC(C)C1)N(C)Cc1ncnn1C.I. The molecule has 1 aromatic heterocycles. The lowest BCUT2D eigenvalue weighted by molar-refractivity contribution is 0.269. The second kappa shape index (κ2) is 10.1. The van der Waals surface area contributed by atoms with E-state index in [9.17, 15) is 0 Å². The zero-order valence-corrected chi connectivity index (χ0v) is 17.2. The largest absolute Gasteiger partial charge is 0.356 e. The third-order valence-corrected chi connectivity index (χ3v) is 4.64. The quantitative estimate of drug-likeness (QED) is 0.440. The van der Waals surface area contributed by atoms with Crippen molar-refractivity contribution < 1.29 is 0 Å². The highest BCUT2D eigenvalue weighted by Gasteiger charge is 2.18. The highest BCUT2D eigenvalue weighted by Crippen LogP contribution is 2.30. The fraction of sp³-hybridized carbons (Fsp3) is 0.812. The van der Waals surface area contributed by atoms with Crippen molar-refractivity contribution in [1.82, 2.24) is 25.0 Å². The van der Waals surface area contributed by atoms with Gasteiger partial charge in [-0.3, -0.25) is 9.67 Å². The Morgan fingerprint density at radius 3 is 2.87 bits per heavy atom. The molecular weight excluding hydrogens is 403 g/mol. The second-order valence-corrected chi connectivity index (χ2v) is 6.56. The van der Waals surface area contributed by atoms with Gasteiger partial charge in [-0.1, -0.05) is 26.2 Å². The molecule has 1 fully saturated rings. The monoisotopic (exact) mass is 434 g/mol. The fourth-order valence-electron chi connectivity index (χ4n) is 3.35. The summed E-state index contributed by atoms with van der Waals surface area (Å²) < 4.78 is 1.80. The molecule has 1 aliphatic rings. The minimum Gasteiger partial charge on any atom is -0.356 e. The summed E-state index contributed by atoms with van der Waals surface area (Å²) in [5.74, 6) is 3.63. The Morgan fingerprint density at radius 2 is 2.26 bits per heavy atom. The van der Waals surface area contributed by atoms with E-state index in [0.29, 0.717) is 6.54 Å². The zero-order chi connectivity index (χ0) is 15.9. The molecule has 2 atom stereocenters. The van der Waals surface area contributed by atoms with Crippen LogP contribution in [0.4, 0.5) is 0 Å². The average Bonchev–Trinajstić information content (AvgIpc) is 2.89. The number of halogens is 1. The Balaban J connectivity index is 0.00000264. The van der Waals surface area contributed by atoms with Gasteiger partial charge in [0.05, 0.1) is 6.54 Å². The average molecular weight is 434 g/mol. The van der Waals surface area contributed by atoms with E-state index in [0.717, 1.165) is 30.2 Å². The van der Waals surface area contributed by atoms with Crippen molar-refractivity contribution in [2.24, 2.45) is 23.9 Å². The van der Waals surface area contributed by atoms with E-state index in [1.807, 2.05) is 21.1 Å². The van der Waals surface area contributed by atoms with Gasteiger partial charge in [0.15, 0.2) is 5.96 Å². The van der Waals surface area contributed by atoms with E-state index < -0.39 is 0 Å². The molecule has 1 saturated carbocycles. The molecule has 0 bridgehead atoms. The summed E-state index contributed by atoms with van der Waals surface area (Å²) in [5, 5.41) is 7.59. The van der Waals surface area contributed by atoms with Crippen molar-refractivity contribution in [1.29, 1.82) is 0 Å². The van der Waals surface area contributed by atoms with Gasteiger partial charge in [-0.15, -0.1) is 24.0 Å². The van der Waals surface area contributed by atoms with Gasteiger partial charge in [0.25, 0.3) is 0 Å². The third-order valence-electron chi connectivity index (χ3n) is 4.64. The van der Waals surface area contributed by atoms with E-state index in [2.05, 4.69) is 32.2 Å². The van der Waals surface area contributed by atoms with Gasteiger partial charge in [0.1, 0.15) is 12.2 Å². The summed E-state index contributed by atoms with van der Waals surface area (Å²) in [7, 11) is 5.78. The van der Waals surface area contributed by atoms with Crippen molar-refractivity contribution in [3.8, 4) is 0 Å². The number of hydrogen-bond donors (Lipinski definition) is 1. The van der Waals surface area contributed by atoms with E-state index in [1.165, 1.54) is 32.1 Å². The maximum absolute atomic E-state index is 4.37. The fourth-order valence-corrected chi connectivity index (χ4v) is 3.35. The lowest BCUT2D eigenvalue weighted by Crippen LogP contribution is -2.40. The van der Waals surface area contributed by atoms with Crippen molar-refractivity contribution >= 4 is 29.9 Å². The molecule has 0 amide bonds. The molecule has 2 rings (SSSR count). The van der Waals surface area contributed by atoms with E-state index in [1.54, 1.807) is 11.0 Å². The van der Waals surface area contributed by atoms with Crippen LogP contribution in [0.2, 0.25) is 0 Å². The first-order chi connectivity index (χ1) is 10.6. The molecule has 0 saturated heterocycles. The highest BCUT2D eigenvalue weighted by atomic mass is 127. The summed E-state index contributed by atoms with van der Waals surface area (Å²) >= 11 is 0. The number of aliphatic imine (C=N–C) groups is 1. The number of guanidine groups is 1. The van der Waals surface area contributed by atoms with Crippen molar-refractivity contribution in [3.05, 3.63) is 12.2 Å². The molecule has 6 nitrogen and oxygen atoms in total. The van der Waals surface area contributed by atoms with Gasteiger partial charge in [-0.05, 0) is 24.7 Å². The highest BCUT2D eigenvalue weighted by molar-refractivity contribution is 14.0. The van der Waals surface area contributed by atoms with Crippen LogP contribution < -0.4 is 5.32 Å². The van der Waals surface area contributed by atoms with Crippen molar-refractivity contribution in [2.75, 3.05) is 20.6 Å². The Morgan fingerprint density at radius 1 is 1.48 bits per heavy atom. The molecule has 1 aromatic rings. The van der Waals surface area contributed by atoms with Crippen LogP contribution in [-0.2, 0) is 13.6 Å². The Bertz CT molecular complexity index is 487. The lowest BCUT2D eigenvalue weighted by Gasteiger charge is -2.27. The first-order valence-electron chi connectivity index (χ1n) is 8.34. The predicted octanol–water partition coefficient (Wildman–Crippen LogP) is 2.66.